The number of nitrogens with one attached hydrogen (secondary N) is 1. The van der Waals surface area contributed by atoms with Gasteiger partial charge in [-0.15, -0.1) is 0 Å². The second-order valence-corrected chi connectivity index (χ2v) is 5.60. The van der Waals surface area contributed by atoms with Crippen LogP contribution in [-0.2, 0) is 6.42 Å². The Labute approximate surface area is 122 Å². The van der Waals surface area contributed by atoms with E-state index in [4.69, 9.17) is 4.74 Å². The summed E-state index contributed by atoms with van der Waals surface area (Å²) in [6, 6.07) is 0. The molecule has 1 fully saturated rings. The van der Waals surface area contributed by atoms with Gasteiger partial charge in [0.25, 0.3) is 0 Å². The number of hydrogen-bond donors (Lipinski definition) is 1. The summed E-state index contributed by atoms with van der Waals surface area (Å²) in [4.78, 5) is 8.67. The van der Waals surface area contributed by atoms with E-state index in [0.29, 0.717) is 5.92 Å². The van der Waals surface area contributed by atoms with Crippen molar-refractivity contribution in [3.05, 3.63) is 11.9 Å². The zero-order chi connectivity index (χ0) is 14.2. The highest BCUT2D eigenvalue weighted by atomic mass is 16.5. The lowest BCUT2D eigenvalue weighted by molar-refractivity contribution is 0.201. The zero-order valence-corrected chi connectivity index (χ0v) is 12.8. The second kappa shape index (κ2) is 8.08. The summed E-state index contributed by atoms with van der Waals surface area (Å²) in [7, 11) is 0. The van der Waals surface area contributed by atoms with Gasteiger partial charge in [0.1, 0.15) is 12.1 Å². The summed E-state index contributed by atoms with van der Waals surface area (Å²) < 4.78 is 6.00. The molecule has 4 heteroatoms. The first-order valence-electron chi connectivity index (χ1n) is 8.05. The van der Waals surface area contributed by atoms with E-state index in [-0.39, 0.29) is 0 Å². The van der Waals surface area contributed by atoms with Gasteiger partial charge in [0.15, 0.2) is 0 Å². The van der Waals surface area contributed by atoms with Crippen molar-refractivity contribution in [3.63, 3.8) is 0 Å². The topological polar surface area (TPSA) is 47.0 Å². The van der Waals surface area contributed by atoms with E-state index in [1.165, 1.54) is 32.1 Å². The molecule has 1 aliphatic carbocycles. The van der Waals surface area contributed by atoms with E-state index in [9.17, 15) is 0 Å². The lowest BCUT2D eigenvalue weighted by Gasteiger charge is -2.22. The predicted octanol–water partition coefficient (Wildman–Crippen LogP) is 3.82. The SMILES string of the molecule is CCCNc1ncnc(OCC2CCCCC2)c1CC. The van der Waals surface area contributed by atoms with E-state index in [1.807, 2.05) is 0 Å². The van der Waals surface area contributed by atoms with Crippen molar-refractivity contribution in [2.45, 2.75) is 58.8 Å². The summed E-state index contributed by atoms with van der Waals surface area (Å²) in [6.07, 6.45) is 10.3. The summed E-state index contributed by atoms with van der Waals surface area (Å²) in [5.41, 5.74) is 1.11. The third-order valence-electron chi connectivity index (χ3n) is 3.98. The van der Waals surface area contributed by atoms with Gasteiger partial charge >= 0.3 is 0 Å². The summed E-state index contributed by atoms with van der Waals surface area (Å²) >= 11 is 0. The van der Waals surface area contributed by atoms with Gasteiger partial charge in [0.05, 0.1) is 12.2 Å². The van der Waals surface area contributed by atoms with Gasteiger partial charge in [-0.25, -0.2) is 9.97 Å². The maximum Gasteiger partial charge on any atom is 0.221 e. The van der Waals surface area contributed by atoms with E-state index < -0.39 is 0 Å². The fourth-order valence-corrected chi connectivity index (χ4v) is 2.79. The highest BCUT2D eigenvalue weighted by molar-refractivity contribution is 5.48. The number of hydrogen-bond acceptors (Lipinski definition) is 4. The standard InChI is InChI=1S/C16H27N3O/c1-3-10-17-15-14(4-2)16(19-12-18-15)20-11-13-8-6-5-7-9-13/h12-13H,3-11H2,1-2H3,(H,17,18,19). The Kier molecular flexibility index (Phi) is 6.09. The zero-order valence-electron chi connectivity index (χ0n) is 12.8. The van der Waals surface area contributed by atoms with Crippen LogP contribution >= 0.6 is 0 Å². The molecular weight excluding hydrogens is 250 g/mol. The van der Waals surface area contributed by atoms with Gasteiger partial charge in [-0.3, -0.25) is 0 Å². The molecule has 0 bridgehead atoms. The summed E-state index contributed by atoms with van der Waals surface area (Å²) in [5.74, 6) is 2.41. The number of ether oxygens (including phenoxy) is 1. The molecule has 0 atom stereocenters. The molecule has 0 unspecified atom stereocenters. The maximum atomic E-state index is 6.00. The van der Waals surface area contributed by atoms with Gasteiger partial charge in [-0.1, -0.05) is 33.1 Å². The minimum Gasteiger partial charge on any atom is -0.477 e. The number of anilines is 1. The lowest BCUT2D eigenvalue weighted by atomic mass is 9.90. The molecule has 20 heavy (non-hydrogen) atoms. The van der Waals surface area contributed by atoms with E-state index in [0.717, 1.165) is 43.3 Å². The average Bonchev–Trinajstić information content (AvgIpc) is 2.51. The largest absolute Gasteiger partial charge is 0.477 e. The van der Waals surface area contributed by atoms with E-state index in [1.54, 1.807) is 6.33 Å². The highest BCUT2D eigenvalue weighted by Crippen LogP contribution is 2.27. The Morgan fingerprint density at radius 1 is 1.20 bits per heavy atom. The first-order chi connectivity index (χ1) is 9.85. The number of nitrogens with zero attached hydrogens (tertiary/aromatic N) is 2. The van der Waals surface area contributed by atoms with Crippen molar-refractivity contribution in [3.8, 4) is 5.88 Å². The van der Waals surface area contributed by atoms with E-state index in [2.05, 4.69) is 29.1 Å². The second-order valence-electron chi connectivity index (χ2n) is 5.60. The molecule has 0 saturated heterocycles. The molecule has 1 aliphatic rings. The van der Waals surface area contributed by atoms with Crippen LogP contribution in [0.5, 0.6) is 5.88 Å². The van der Waals surface area contributed by atoms with Gasteiger partial charge in [-0.2, -0.15) is 0 Å². The van der Waals surface area contributed by atoms with Crippen LogP contribution in [0.1, 0.15) is 57.9 Å². The van der Waals surface area contributed by atoms with Crippen LogP contribution in [0.15, 0.2) is 6.33 Å². The molecule has 2 rings (SSSR count). The minimum atomic E-state index is 0.704. The molecule has 1 N–H and O–H groups in total. The molecule has 1 aromatic heterocycles. The van der Waals surface area contributed by atoms with E-state index >= 15 is 0 Å². The van der Waals surface area contributed by atoms with Gasteiger partial charge in [-0.05, 0) is 31.6 Å². The van der Waals surface area contributed by atoms with Crippen molar-refractivity contribution < 1.29 is 4.74 Å². The summed E-state index contributed by atoms with van der Waals surface area (Å²) in [6.45, 7) is 6.02. The molecule has 1 saturated carbocycles. The lowest BCUT2D eigenvalue weighted by Crippen LogP contribution is -2.17. The van der Waals surface area contributed by atoms with Crippen LogP contribution in [0.2, 0.25) is 0 Å². The van der Waals surface area contributed by atoms with Crippen LogP contribution in [-0.4, -0.2) is 23.1 Å². The molecule has 0 spiro atoms. The van der Waals surface area contributed by atoms with Crippen LogP contribution in [0, 0.1) is 5.92 Å². The third-order valence-corrected chi connectivity index (χ3v) is 3.98. The smallest absolute Gasteiger partial charge is 0.221 e. The van der Waals surface area contributed by atoms with Crippen molar-refractivity contribution in [2.75, 3.05) is 18.5 Å². The first kappa shape index (κ1) is 15.1. The Morgan fingerprint density at radius 3 is 2.70 bits per heavy atom. The first-order valence-corrected chi connectivity index (χ1v) is 8.05. The molecule has 0 radical (unpaired) electrons. The van der Waals surface area contributed by atoms with Crippen molar-refractivity contribution in [2.24, 2.45) is 5.92 Å². The highest BCUT2D eigenvalue weighted by Gasteiger charge is 2.16. The third kappa shape index (κ3) is 4.09. The van der Waals surface area contributed by atoms with Gasteiger partial charge < -0.3 is 10.1 Å². The van der Waals surface area contributed by atoms with Gasteiger partial charge in [0.2, 0.25) is 5.88 Å². The van der Waals surface area contributed by atoms with Crippen molar-refractivity contribution >= 4 is 5.82 Å². The normalized spacial score (nSPS) is 16.1. The summed E-state index contributed by atoms with van der Waals surface area (Å²) in [5, 5.41) is 3.36. The molecule has 112 valence electrons. The Bertz CT molecular complexity index is 403. The van der Waals surface area contributed by atoms with Crippen molar-refractivity contribution in [1.82, 2.24) is 9.97 Å². The number of aromatic nitrogens is 2. The van der Waals surface area contributed by atoms with Crippen LogP contribution in [0.25, 0.3) is 0 Å². The monoisotopic (exact) mass is 277 g/mol. The Hall–Kier alpha value is -1.32. The molecule has 0 aliphatic heterocycles. The molecule has 0 aromatic carbocycles. The Balaban J connectivity index is 1.98. The minimum absolute atomic E-state index is 0.704. The number of rotatable bonds is 7. The maximum absolute atomic E-state index is 6.00. The predicted molar refractivity (Wildman–Crippen MR) is 82.3 cm³/mol. The molecule has 0 amide bonds. The van der Waals surface area contributed by atoms with Crippen LogP contribution < -0.4 is 10.1 Å². The van der Waals surface area contributed by atoms with Crippen molar-refractivity contribution in [1.29, 1.82) is 0 Å². The van der Waals surface area contributed by atoms with Crippen LogP contribution in [0.4, 0.5) is 5.82 Å². The molecule has 1 heterocycles. The molecular formula is C16H27N3O. The van der Waals surface area contributed by atoms with Gasteiger partial charge in [0, 0.05) is 6.54 Å². The van der Waals surface area contributed by atoms with Crippen LogP contribution in [0.3, 0.4) is 0 Å². The average molecular weight is 277 g/mol. The molecule has 1 aromatic rings. The fourth-order valence-electron chi connectivity index (χ4n) is 2.79. The quantitative estimate of drug-likeness (QED) is 0.823. The molecule has 4 nitrogen and oxygen atoms in total. The Morgan fingerprint density at radius 2 is 2.00 bits per heavy atom. The fraction of sp³-hybridized carbons (Fsp3) is 0.750.